The summed E-state index contributed by atoms with van der Waals surface area (Å²) in [7, 11) is 0. The molecule has 1 N–H and O–H groups in total. The Hall–Kier alpha value is -1.92. The standard InChI is InChI=1S/C17H19ClN2O3S/c1-4-17(2,3)20-14(21)9-23-16(22)13-10-24-15(19-13)11-5-7-12(18)8-6-11/h5-8,10H,4,9H2,1-3H3,(H,20,21). The van der Waals surface area contributed by atoms with E-state index in [-0.39, 0.29) is 23.7 Å². The van der Waals surface area contributed by atoms with Crippen LogP contribution < -0.4 is 5.32 Å². The number of carbonyl (C=O) groups is 2. The van der Waals surface area contributed by atoms with Crippen molar-refractivity contribution in [1.82, 2.24) is 10.3 Å². The summed E-state index contributed by atoms with van der Waals surface area (Å²) in [5.41, 5.74) is 0.727. The molecule has 0 aliphatic rings. The zero-order chi connectivity index (χ0) is 17.7. The van der Waals surface area contributed by atoms with Gasteiger partial charge >= 0.3 is 5.97 Å². The number of aromatic nitrogens is 1. The van der Waals surface area contributed by atoms with E-state index >= 15 is 0 Å². The van der Waals surface area contributed by atoms with Gasteiger partial charge in [0.1, 0.15) is 5.01 Å². The summed E-state index contributed by atoms with van der Waals surface area (Å²) in [6, 6.07) is 7.18. The van der Waals surface area contributed by atoms with E-state index in [2.05, 4.69) is 10.3 Å². The summed E-state index contributed by atoms with van der Waals surface area (Å²) in [4.78, 5) is 28.0. The molecule has 5 nitrogen and oxygen atoms in total. The number of carbonyl (C=O) groups excluding carboxylic acids is 2. The third-order valence-electron chi connectivity index (χ3n) is 3.50. The molecule has 0 aliphatic carbocycles. The lowest BCUT2D eigenvalue weighted by Gasteiger charge is -2.24. The van der Waals surface area contributed by atoms with E-state index in [0.29, 0.717) is 10.0 Å². The van der Waals surface area contributed by atoms with Gasteiger partial charge in [-0.2, -0.15) is 0 Å². The van der Waals surface area contributed by atoms with Crippen molar-refractivity contribution < 1.29 is 14.3 Å². The number of benzene rings is 1. The molecule has 0 spiro atoms. The van der Waals surface area contributed by atoms with E-state index in [9.17, 15) is 9.59 Å². The lowest BCUT2D eigenvalue weighted by molar-refractivity contribution is -0.125. The summed E-state index contributed by atoms with van der Waals surface area (Å²) in [6.45, 7) is 5.47. The summed E-state index contributed by atoms with van der Waals surface area (Å²) < 4.78 is 5.02. The van der Waals surface area contributed by atoms with Crippen LogP contribution in [0.2, 0.25) is 5.02 Å². The molecule has 2 aromatic rings. The summed E-state index contributed by atoms with van der Waals surface area (Å²) in [5, 5.41) is 5.74. The molecule has 0 saturated heterocycles. The number of esters is 1. The van der Waals surface area contributed by atoms with E-state index in [4.69, 9.17) is 16.3 Å². The lowest BCUT2D eigenvalue weighted by atomic mass is 10.0. The van der Waals surface area contributed by atoms with Crippen molar-refractivity contribution in [3.63, 3.8) is 0 Å². The highest BCUT2D eigenvalue weighted by Gasteiger charge is 2.20. The van der Waals surface area contributed by atoms with Gasteiger partial charge in [-0.1, -0.05) is 30.7 Å². The minimum absolute atomic E-state index is 0.188. The highest BCUT2D eigenvalue weighted by Crippen LogP contribution is 2.25. The number of ether oxygens (including phenoxy) is 1. The van der Waals surface area contributed by atoms with Crippen LogP contribution in [0.3, 0.4) is 0 Å². The van der Waals surface area contributed by atoms with Crippen molar-refractivity contribution in [2.45, 2.75) is 32.7 Å². The van der Waals surface area contributed by atoms with Crippen LogP contribution in [0, 0.1) is 0 Å². The number of rotatable bonds is 6. The fourth-order valence-electron chi connectivity index (χ4n) is 1.80. The second kappa shape index (κ2) is 7.77. The van der Waals surface area contributed by atoms with Crippen molar-refractivity contribution in [3.05, 3.63) is 40.4 Å². The van der Waals surface area contributed by atoms with Crippen LogP contribution in [0.4, 0.5) is 0 Å². The van der Waals surface area contributed by atoms with Crippen molar-refractivity contribution in [2.75, 3.05) is 6.61 Å². The van der Waals surface area contributed by atoms with Gasteiger partial charge in [0.05, 0.1) is 0 Å². The maximum absolute atomic E-state index is 12.0. The van der Waals surface area contributed by atoms with E-state index < -0.39 is 5.97 Å². The second-order valence-corrected chi connectivity index (χ2v) is 7.20. The van der Waals surface area contributed by atoms with Gasteiger partial charge in [0.2, 0.25) is 0 Å². The van der Waals surface area contributed by atoms with Gasteiger partial charge in [0.15, 0.2) is 12.3 Å². The Morgan fingerprint density at radius 1 is 1.29 bits per heavy atom. The Balaban J connectivity index is 1.94. The van der Waals surface area contributed by atoms with Gasteiger partial charge in [-0.25, -0.2) is 9.78 Å². The van der Waals surface area contributed by atoms with Crippen molar-refractivity contribution in [2.24, 2.45) is 0 Å². The number of halogens is 1. The van der Waals surface area contributed by atoms with Gasteiger partial charge in [-0.3, -0.25) is 4.79 Å². The van der Waals surface area contributed by atoms with Crippen LogP contribution in [0.5, 0.6) is 0 Å². The smallest absolute Gasteiger partial charge is 0.358 e. The molecule has 1 amide bonds. The number of hydrogen-bond acceptors (Lipinski definition) is 5. The van der Waals surface area contributed by atoms with Crippen LogP contribution in [-0.2, 0) is 9.53 Å². The first kappa shape index (κ1) is 18.4. The third kappa shape index (κ3) is 5.04. The molecule has 0 fully saturated rings. The van der Waals surface area contributed by atoms with Crippen LogP contribution in [0.1, 0.15) is 37.7 Å². The zero-order valence-corrected chi connectivity index (χ0v) is 15.3. The molecule has 1 aromatic carbocycles. The highest BCUT2D eigenvalue weighted by atomic mass is 35.5. The van der Waals surface area contributed by atoms with Gasteiger partial charge in [0, 0.05) is 21.5 Å². The molecule has 0 radical (unpaired) electrons. The molecule has 0 bridgehead atoms. The molecule has 0 atom stereocenters. The average Bonchev–Trinajstić information content (AvgIpc) is 3.03. The van der Waals surface area contributed by atoms with Gasteiger partial charge in [-0.05, 0) is 32.4 Å². The molecule has 0 saturated carbocycles. The maximum atomic E-state index is 12.0. The zero-order valence-electron chi connectivity index (χ0n) is 13.8. The van der Waals surface area contributed by atoms with E-state index in [1.54, 1.807) is 17.5 Å². The predicted octanol–water partition coefficient (Wildman–Crippen LogP) is 3.93. The number of amides is 1. The maximum Gasteiger partial charge on any atom is 0.358 e. The minimum Gasteiger partial charge on any atom is -0.451 e. The molecule has 1 aromatic heterocycles. The number of hydrogen-bond donors (Lipinski definition) is 1. The molecule has 7 heteroatoms. The van der Waals surface area contributed by atoms with E-state index in [1.165, 1.54) is 11.3 Å². The van der Waals surface area contributed by atoms with E-state index in [1.807, 2.05) is 32.9 Å². The molecular weight excluding hydrogens is 348 g/mol. The molecule has 2 rings (SSSR count). The Morgan fingerprint density at radius 2 is 1.96 bits per heavy atom. The predicted molar refractivity (Wildman–Crippen MR) is 95.4 cm³/mol. The van der Waals surface area contributed by atoms with Gasteiger partial charge in [-0.15, -0.1) is 11.3 Å². The largest absolute Gasteiger partial charge is 0.451 e. The Morgan fingerprint density at radius 3 is 2.58 bits per heavy atom. The van der Waals surface area contributed by atoms with Crippen molar-refractivity contribution in [1.29, 1.82) is 0 Å². The quantitative estimate of drug-likeness (QED) is 0.786. The van der Waals surface area contributed by atoms with Crippen LogP contribution >= 0.6 is 22.9 Å². The minimum atomic E-state index is -0.615. The first-order valence-electron chi connectivity index (χ1n) is 7.50. The molecular formula is C17H19ClN2O3S. The van der Waals surface area contributed by atoms with Crippen molar-refractivity contribution in [3.8, 4) is 10.6 Å². The SMILES string of the molecule is CCC(C)(C)NC(=O)COC(=O)c1csc(-c2ccc(Cl)cc2)n1. The molecule has 1 heterocycles. The summed E-state index contributed by atoms with van der Waals surface area (Å²) in [6.07, 6.45) is 0.781. The fraction of sp³-hybridized carbons (Fsp3) is 0.353. The molecule has 0 unspecified atom stereocenters. The Labute approximate surface area is 150 Å². The Kier molecular flexibility index (Phi) is 5.96. The number of nitrogens with zero attached hydrogens (tertiary/aromatic N) is 1. The van der Waals surface area contributed by atoms with Gasteiger partial charge in [0.25, 0.3) is 5.91 Å². The highest BCUT2D eigenvalue weighted by molar-refractivity contribution is 7.13. The van der Waals surface area contributed by atoms with Crippen LogP contribution in [-0.4, -0.2) is 29.0 Å². The normalized spacial score (nSPS) is 11.2. The fourth-order valence-corrected chi connectivity index (χ4v) is 2.72. The van der Waals surface area contributed by atoms with Crippen molar-refractivity contribution >= 4 is 34.8 Å². The number of nitrogens with one attached hydrogen (secondary N) is 1. The summed E-state index contributed by atoms with van der Waals surface area (Å²) in [5.74, 6) is -0.945. The molecule has 0 aliphatic heterocycles. The van der Waals surface area contributed by atoms with Crippen LogP contribution in [0.15, 0.2) is 29.6 Å². The molecule has 24 heavy (non-hydrogen) atoms. The number of thiazole rings is 1. The van der Waals surface area contributed by atoms with Crippen LogP contribution in [0.25, 0.3) is 10.6 Å². The first-order chi connectivity index (χ1) is 11.3. The third-order valence-corrected chi connectivity index (χ3v) is 4.64. The average molecular weight is 367 g/mol. The summed E-state index contributed by atoms with van der Waals surface area (Å²) >= 11 is 7.18. The van der Waals surface area contributed by atoms with Gasteiger partial charge < -0.3 is 10.1 Å². The van der Waals surface area contributed by atoms with E-state index in [0.717, 1.165) is 12.0 Å². The first-order valence-corrected chi connectivity index (χ1v) is 8.76. The monoisotopic (exact) mass is 366 g/mol. The lowest BCUT2D eigenvalue weighted by Crippen LogP contribution is -2.44. The molecule has 128 valence electrons. The second-order valence-electron chi connectivity index (χ2n) is 5.91. The topological polar surface area (TPSA) is 68.3 Å². The Bertz CT molecular complexity index is 726.